The van der Waals surface area contributed by atoms with Crippen molar-refractivity contribution in [3.8, 4) is 0 Å². The highest BCUT2D eigenvalue weighted by atomic mass is 127. The van der Waals surface area contributed by atoms with E-state index >= 15 is 0 Å². The molecule has 1 amide bonds. The lowest BCUT2D eigenvalue weighted by molar-refractivity contribution is -0.142. The normalized spacial score (nSPS) is 41.3. The van der Waals surface area contributed by atoms with Crippen LogP contribution < -0.4 is 5.32 Å². The lowest BCUT2D eigenvalue weighted by Gasteiger charge is -2.58. The van der Waals surface area contributed by atoms with E-state index in [0.717, 1.165) is 25.3 Å². The largest absolute Gasteiger partial charge is 0.356 e. The third-order valence-electron chi connectivity index (χ3n) is 8.09. The van der Waals surface area contributed by atoms with E-state index in [9.17, 15) is 4.79 Å². The summed E-state index contributed by atoms with van der Waals surface area (Å²) in [6.07, 6.45) is 16.0. The molecule has 0 spiro atoms. The number of nitrogens with one attached hydrogen (secondary N) is 1. The van der Waals surface area contributed by atoms with Crippen LogP contribution in [-0.4, -0.2) is 15.9 Å². The van der Waals surface area contributed by atoms with Crippen LogP contribution in [0.25, 0.3) is 0 Å². The SMILES string of the molecule is CCCCCCNC(=O)[C@]1(C)CCC[C@@]2(C)C3=CC[C@](C)(I)CC3CCC12. The minimum absolute atomic E-state index is 0.186. The molecule has 154 valence electrons. The third kappa shape index (κ3) is 4.28. The lowest BCUT2D eigenvalue weighted by atomic mass is 9.46. The molecule has 0 radical (unpaired) electrons. The zero-order valence-electron chi connectivity index (χ0n) is 18.0. The number of carbonyl (C=O) groups is 1. The summed E-state index contributed by atoms with van der Waals surface area (Å²) in [6.45, 7) is 10.3. The van der Waals surface area contributed by atoms with Gasteiger partial charge in [0.1, 0.15) is 0 Å². The Bertz CT molecular complexity index is 583. The summed E-state index contributed by atoms with van der Waals surface area (Å²) in [5, 5.41) is 3.33. The van der Waals surface area contributed by atoms with Crippen LogP contribution in [0.15, 0.2) is 11.6 Å². The first kappa shape index (κ1) is 21.6. The molecule has 2 fully saturated rings. The van der Waals surface area contributed by atoms with Crippen molar-refractivity contribution in [2.75, 3.05) is 6.54 Å². The molecule has 0 bridgehead atoms. The maximum Gasteiger partial charge on any atom is 0.226 e. The van der Waals surface area contributed by atoms with Gasteiger partial charge in [-0.15, -0.1) is 0 Å². The number of carbonyl (C=O) groups excluding carboxylic acids is 1. The molecule has 3 aliphatic rings. The molecular formula is C24H40INO. The van der Waals surface area contributed by atoms with Gasteiger partial charge in [-0.2, -0.15) is 0 Å². The van der Waals surface area contributed by atoms with Crippen molar-refractivity contribution < 1.29 is 4.79 Å². The van der Waals surface area contributed by atoms with E-state index < -0.39 is 0 Å². The van der Waals surface area contributed by atoms with E-state index in [0.29, 0.717) is 15.2 Å². The van der Waals surface area contributed by atoms with Crippen LogP contribution >= 0.6 is 22.6 Å². The summed E-state index contributed by atoms with van der Waals surface area (Å²) in [5.74, 6) is 1.60. The Kier molecular flexibility index (Phi) is 6.70. The summed E-state index contributed by atoms with van der Waals surface area (Å²) in [6, 6.07) is 0. The lowest BCUT2D eigenvalue weighted by Crippen LogP contribution is -2.55. The number of hydrogen-bond donors (Lipinski definition) is 1. The first-order chi connectivity index (χ1) is 12.7. The fourth-order valence-electron chi connectivity index (χ4n) is 6.61. The Morgan fingerprint density at radius 2 is 1.96 bits per heavy atom. The molecule has 3 rings (SSSR count). The molecule has 0 aromatic carbocycles. The van der Waals surface area contributed by atoms with Crippen molar-refractivity contribution in [3.63, 3.8) is 0 Å². The van der Waals surface area contributed by atoms with E-state index in [1.807, 2.05) is 0 Å². The fraction of sp³-hybridized carbons (Fsp3) is 0.875. The number of hydrogen-bond acceptors (Lipinski definition) is 1. The summed E-state index contributed by atoms with van der Waals surface area (Å²) >= 11 is 2.67. The van der Waals surface area contributed by atoms with Gasteiger partial charge in [-0.05, 0) is 62.2 Å². The number of alkyl halides is 1. The molecule has 0 heterocycles. The maximum absolute atomic E-state index is 13.3. The molecule has 0 aromatic rings. The monoisotopic (exact) mass is 485 g/mol. The topological polar surface area (TPSA) is 29.1 Å². The highest BCUT2D eigenvalue weighted by Gasteiger charge is 2.57. The van der Waals surface area contributed by atoms with Gasteiger partial charge in [0.15, 0.2) is 0 Å². The van der Waals surface area contributed by atoms with Crippen LogP contribution in [-0.2, 0) is 4.79 Å². The Morgan fingerprint density at radius 1 is 1.19 bits per heavy atom. The molecule has 5 atom stereocenters. The highest BCUT2D eigenvalue weighted by Crippen LogP contribution is 2.63. The molecule has 0 saturated heterocycles. The van der Waals surface area contributed by atoms with Crippen LogP contribution in [0.3, 0.4) is 0 Å². The number of allylic oxidation sites excluding steroid dienone is 2. The van der Waals surface area contributed by atoms with E-state index in [1.54, 1.807) is 5.57 Å². The quantitative estimate of drug-likeness (QED) is 0.190. The summed E-state index contributed by atoms with van der Waals surface area (Å²) in [4.78, 5) is 13.3. The molecule has 0 aliphatic heterocycles. The van der Waals surface area contributed by atoms with Crippen LogP contribution in [0.1, 0.15) is 98.3 Å². The van der Waals surface area contributed by atoms with Crippen LogP contribution in [0, 0.1) is 22.7 Å². The van der Waals surface area contributed by atoms with Crippen LogP contribution in [0.4, 0.5) is 0 Å². The zero-order valence-corrected chi connectivity index (χ0v) is 20.2. The molecule has 3 aliphatic carbocycles. The molecule has 0 aromatic heterocycles. The standard InChI is InChI=1S/C24H40INO/c1-5-6-7-8-16-26-21(27)24(4)14-9-13-23(3)19-12-15-22(2,25)17-18(19)10-11-20(23)24/h12,18,20H,5-11,13-17H2,1-4H3,(H,26,27)/t18?,20?,22-,23-,24+/m0/s1. The Morgan fingerprint density at radius 3 is 2.70 bits per heavy atom. The first-order valence-corrected chi connectivity index (χ1v) is 12.5. The predicted octanol–water partition coefficient (Wildman–Crippen LogP) is 6.82. The van der Waals surface area contributed by atoms with E-state index in [4.69, 9.17) is 0 Å². The smallest absolute Gasteiger partial charge is 0.226 e. The van der Waals surface area contributed by atoms with Gasteiger partial charge in [0.25, 0.3) is 0 Å². The second kappa shape index (κ2) is 8.36. The van der Waals surface area contributed by atoms with E-state index in [1.165, 1.54) is 57.8 Å². The highest BCUT2D eigenvalue weighted by molar-refractivity contribution is 14.1. The molecule has 3 heteroatoms. The number of fused-ring (bicyclic) bond motifs is 3. The Labute approximate surface area is 180 Å². The van der Waals surface area contributed by atoms with Crippen molar-refractivity contribution in [1.82, 2.24) is 5.32 Å². The van der Waals surface area contributed by atoms with Gasteiger partial charge in [-0.25, -0.2) is 0 Å². The molecule has 1 N–H and O–H groups in total. The van der Waals surface area contributed by atoms with Gasteiger partial charge >= 0.3 is 0 Å². The number of halogens is 1. The first-order valence-electron chi connectivity index (χ1n) is 11.4. The molecule has 2 unspecified atom stereocenters. The average Bonchev–Trinajstić information content (AvgIpc) is 2.60. The maximum atomic E-state index is 13.3. The van der Waals surface area contributed by atoms with Crippen molar-refractivity contribution in [2.24, 2.45) is 22.7 Å². The number of rotatable bonds is 6. The molecule has 2 saturated carbocycles. The number of unbranched alkanes of at least 4 members (excludes halogenated alkanes) is 3. The van der Waals surface area contributed by atoms with Gasteiger partial charge in [0, 0.05) is 15.4 Å². The average molecular weight is 485 g/mol. The van der Waals surface area contributed by atoms with E-state index in [-0.39, 0.29) is 10.8 Å². The van der Waals surface area contributed by atoms with Crippen LogP contribution in [0.5, 0.6) is 0 Å². The molecular weight excluding hydrogens is 445 g/mol. The molecule has 27 heavy (non-hydrogen) atoms. The summed E-state index contributed by atoms with van der Waals surface area (Å²) in [5.41, 5.74) is 1.77. The summed E-state index contributed by atoms with van der Waals surface area (Å²) < 4.78 is 0.420. The Hall–Kier alpha value is -0.0600. The van der Waals surface area contributed by atoms with Crippen molar-refractivity contribution >= 4 is 28.5 Å². The van der Waals surface area contributed by atoms with Gasteiger partial charge in [0.2, 0.25) is 5.91 Å². The fourth-order valence-corrected chi connectivity index (χ4v) is 7.36. The van der Waals surface area contributed by atoms with Gasteiger partial charge < -0.3 is 5.32 Å². The van der Waals surface area contributed by atoms with Gasteiger partial charge in [0.05, 0.1) is 0 Å². The molecule has 2 nitrogen and oxygen atoms in total. The minimum Gasteiger partial charge on any atom is -0.356 e. The van der Waals surface area contributed by atoms with Crippen molar-refractivity contribution in [3.05, 3.63) is 11.6 Å². The van der Waals surface area contributed by atoms with Crippen molar-refractivity contribution in [1.29, 1.82) is 0 Å². The third-order valence-corrected chi connectivity index (χ3v) is 8.97. The van der Waals surface area contributed by atoms with Gasteiger partial charge in [-0.3, -0.25) is 4.79 Å². The minimum atomic E-state index is -0.186. The predicted molar refractivity (Wildman–Crippen MR) is 123 cm³/mol. The van der Waals surface area contributed by atoms with Gasteiger partial charge in [-0.1, -0.05) is 87.6 Å². The van der Waals surface area contributed by atoms with Crippen molar-refractivity contribution in [2.45, 2.75) is 102 Å². The zero-order chi connectivity index (χ0) is 19.7. The summed E-state index contributed by atoms with van der Waals surface area (Å²) in [7, 11) is 0. The number of amides is 1. The second-order valence-corrected chi connectivity index (χ2v) is 12.9. The van der Waals surface area contributed by atoms with E-state index in [2.05, 4.69) is 61.7 Å². The second-order valence-electron chi connectivity index (χ2n) is 10.3. The Balaban J connectivity index is 1.74. The van der Waals surface area contributed by atoms with Crippen LogP contribution in [0.2, 0.25) is 0 Å².